The van der Waals surface area contributed by atoms with E-state index in [0.717, 1.165) is 0 Å². The van der Waals surface area contributed by atoms with E-state index in [-0.39, 0.29) is 0 Å². The zero-order valence-electron chi connectivity index (χ0n) is 9.99. The Morgan fingerprint density at radius 1 is 0.824 bits per heavy atom. The fourth-order valence-corrected chi connectivity index (χ4v) is 2.65. The maximum Gasteiger partial charge on any atom is 0.271 e. The molecule has 1 aliphatic heterocycles. The van der Waals surface area contributed by atoms with Gasteiger partial charge in [0.2, 0.25) is 0 Å². The first-order chi connectivity index (χ1) is 8.36. The van der Waals surface area contributed by atoms with E-state index in [9.17, 15) is 0 Å². The minimum absolute atomic E-state index is 0.380. The van der Waals surface area contributed by atoms with E-state index < -0.39 is 6.48 Å². The van der Waals surface area contributed by atoms with E-state index >= 15 is 0 Å². The number of hydrogen-bond acceptors (Lipinski definition) is 3. The third-order valence-corrected chi connectivity index (χ3v) is 3.75. The van der Waals surface area contributed by atoms with Crippen LogP contribution in [0.4, 0.5) is 0 Å². The molecule has 4 rings (SSSR count). The topological polar surface area (TPSA) is 27.7 Å². The minimum Gasteiger partial charge on any atom is -0.333 e. The lowest BCUT2D eigenvalue weighted by Gasteiger charge is -2.28. The number of allylic oxidation sites excluding steroid dienone is 4. The van der Waals surface area contributed by atoms with Gasteiger partial charge in [0.15, 0.2) is 0 Å². The summed E-state index contributed by atoms with van der Waals surface area (Å²) in [7, 11) is 1.62. The second-order valence-corrected chi connectivity index (χ2v) is 4.83. The van der Waals surface area contributed by atoms with E-state index in [4.69, 9.17) is 14.2 Å². The van der Waals surface area contributed by atoms with Crippen molar-refractivity contribution in [3.8, 4) is 0 Å². The Morgan fingerprint density at radius 2 is 1.29 bits per heavy atom. The number of rotatable bonds is 1. The normalized spacial score (nSPS) is 43.9. The molecule has 0 aromatic carbocycles. The molecule has 3 nitrogen and oxygen atoms in total. The molecule has 4 bridgehead atoms. The summed E-state index contributed by atoms with van der Waals surface area (Å²) in [6, 6.07) is 0. The summed E-state index contributed by atoms with van der Waals surface area (Å²) in [5.74, 6) is 1.65. The Morgan fingerprint density at radius 3 is 1.71 bits per heavy atom. The van der Waals surface area contributed by atoms with E-state index in [1.165, 1.54) is 0 Å². The van der Waals surface area contributed by atoms with Gasteiger partial charge in [-0.05, 0) is 0 Å². The molecule has 3 heteroatoms. The molecule has 4 aliphatic rings. The molecule has 0 spiro atoms. The van der Waals surface area contributed by atoms with Gasteiger partial charge in [-0.2, -0.15) is 0 Å². The van der Waals surface area contributed by atoms with Gasteiger partial charge in [-0.1, -0.05) is 36.5 Å². The predicted molar refractivity (Wildman–Crippen MR) is 64.1 cm³/mol. The lowest BCUT2D eigenvalue weighted by molar-refractivity contribution is -0.282. The summed E-state index contributed by atoms with van der Waals surface area (Å²) in [6.45, 7) is 0.731. The van der Waals surface area contributed by atoms with Gasteiger partial charge in [0.05, 0.1) is 13.2 Å². The van der Waals surface area contributed by atoms with Gasteiger partial charge in [-0.3, -0.25) is 0 Å². The predicted octanol–water partition coefficient (Wildman–Crippen LogP) is 2.12. The molecule has 1 unspecified atom stereocenters. The summed E-state index contributed by atoms with van der Waals surface area (Å²) in [5, 5.41) is 0. The average molecular weight is 234 g/mol. The first-order valence-electron chi connectivity index (χ1n) is 6.18. The van der Waals surface area contributed by atoms with Crippen LogP contribution in [0.1, 0.15) is 0 Å². The molecule has 0 saturated carbocycles. The molecule has 1 heterocycles. The molecule has 3 aliphatic carbocycles. The molecule has 0 N–H and O–H groups in total. The van der Waals surface area contributed by atoms with Crippen LogP contribution < -0.4 is 0 Å². The van der Waals surface area contributed by atoms with Crippen LogP contribution in [-0.4, -0.2) is 26.8 Å². The minimum atomic E-state index is -0.530. The number of ether oxygens (including phenoxy) is 3. The highest BCUT2D eigenvalue weighted by Crippen LogP contribution is 2.32. The standard InChI is InChI=1S/C14H18O3/c1-15-14-16-8-12-6-7-13(9-17-14)11-3-2-10(12)4-5-11/h2-7,10-14H,8-9H2,1H3/t10?,11?,12-,13+,14?. The first-order valence-corrected chi connectivity index (χ1v) is 6.18. The van der Waals surface area contributed by atoms with Gasteiger partial charge >= 0.3 is 0 Å². The average Bonchev–Trinajstić information content (AvgIpc) is 2.42. The summed E-state index contributed by atoms with van der Waals surface area (Å²) >= 11 is 0. The van der Waals surface area contributed by atoms with Crippen LogP contribution in [0.2, 0.25) is 0 Å². The number of hydrogen-bond donors (Lipinski definition) is 0. The third-order valence-electron chi connectivity index (χ3n) is 3.75. The summed E-state index contributed by atoms with van der Waals surface area (Å²) in [4.78, 5) is 0. The van der Waals surface area contributed by atoms with Crippen molar-refractivity contribution >= 4 is 0 Å². The highest BCUT2D eigenvalue weighted by atomic mass is 16.8. The van der Waals surface area contributed by atoms with Crippen LogP contribution in [0.25, 0.3) is 0 Å². The first kappa shape index (κ1) is 11.2. The van der Waals surface area contributed by atoms with Gasteiger partial charge < -0.3 is 14.2 Å². The summed E-state index contributed by atoms with van der Waals surface area (Å²) in [6.07, 6.45) is 13.7. The van der Waals surface area contributed by atoms with Gasteiger partial charge in [-0.15, -0.1) is 0 Å². The van der Waals surface area contributed by atoms with Crippen LogP contribution >= 0.6 is 0 Å². The molecule has 0 saturated heterocycles. The molecule has 0 radical (unpaired) electrons. The van der Waals surface area contributed by atoms with E-state index in [1.54, 1.807) is 7.11 Å². The molecule has 0 aromatic heterocycles. The smallest absolute Gasteiger partial charge is 0.271 e. The van der Waals surface area contributed by atoms with E-state index in [0.29, 0.717) is 36.9 Å². The summed E-state index contributed by atoms with van der Waals surface area (Å²) in [5.41, 5.74) is 0. The van der Waals surface area contributed by atoms with Crippen LogP contribution in [0, 0.1) is 23.7 Å². The van der Waals surface area contributed by atoms with Crippen LogP contribution in [-0.2, 0) is 14.2 Å². The molecule has 17 heavy (non-hydrogen) atoms. The van der Waals surface area contributed by atoms with Crippen molar-refractivity contribution < 1.29 is 14.2 Å². The third kappa shape index (κ3) is 2.23. The van der Waals surface area contributed by atoms with E-state index in [2.05, 4.69) is 36.5 Å². The van der Waals surface area contributed by atoms with Crippen molar-refractivity contribution in [1.29, 1.82) is 0 Å². The highest BCUT2D eigenvalue weighted by molar-refractivity contribution is 5.22. The van der Waals surface area contributed by atoms with Gasteiger partial charge in [-0.25, -0.2) is 0 Å². The van der Waals surface area contributed by atoms with Crippen LogP contribution in [0.15, 0.2) is 36.5 Å². The molecule has 92 valence electrons. The molecule has 0 fully saturated rings. The van der Waals surface area contributed by atoms with Crippen molar-refractivity contribution in [2.45, 2.75) is 6.48 Å². The Bertz CT molecular complexity index is 314. The zero-order valence-corrected chi connectivity index (χ0v) is 9.99. The maximum atomic E-state index is 5.64. The summed E-state index contributed by atoms with van der Waals surface area (Å²) < 4.78 is 16.4. The van der Waals surface area contributed by atoms with Crippen molar-refractivity contribution in [2.24, 2.45) is 23.7 Å². The number of methoxy groups -OCH3 is 1. The molecule has 0 aromatic rings. The lowest BCUT2D eigenvalue weighted by Crippen LogP contribution is -2.24. The molecular weight excluding hydrogens is 216 g/mol. The van der Waals surface area contributed by atoms with E-state index in [1.807, 2.05) is 0 Å². The van der Waals surface area contributed by atoms with Crippen molar-refractivity contribution in [3.05, 3.63) is 36.5 Å². The fourth-order valence-electron chi connectivity index (χ4n) is 2.65. The SMILES string of the molecule is COC1OC[C@H]2C=C[C@@H](CO1)C1C=CC2C=C1. The monoisotopic (exact) mass is 234 g/mol. The van der Waals surface area contributed by atoms with Crippen LogP contribution in [0.3, 0.4) is 0 Å². The van der Waals surface area contributed by atoms with Gasteiger partial charge in [0, 0.05) is 30.8 Å². The Balaban J connectivity index is 1.87. The second kappa shape index (κ2) is 4.77. The van der Waals surface area contributed by atoms with Gasteiger partial charge in [0.1, 0.15) is 0 Å². The highest BCUT2D eigenvalue weighted by Gasteiger charge is 2.28. The Labute approximate surface area is 102 Å². The van der Waals surface area contributed by atoms with Crippen molar-refractivity contribution in [1.82, 2.24) is 0 Å². The van der Waals surface area contributed by atoms with Gasteiger partial charge in [0.25, 0.3) is 6.48 Å². The zero-order chi connectivity index (χ0) is 11.7. The lowest BCUT2D eigenvalue weighted by atomic mass is 9.78. The second-order valence-electron chi connectivity index (χ2n) is 4.83. The maximum absolute atomic E-state index is 5.64. The van der Waals surface area contributed by atoms with Crippen molar-refractivity contribution in [2.75, 3.05) is 20.3 Å². The quantitative estimate of drug-likeness (QED) is 0.650. The van der Waals surface area contributed by atoms with Crippen LogP contribution in [0.5, 0.6) is 0 Å². The Hall–Kier alpha value is -0.900. The molecular formula is C14H18O3. The molecule has 3 atom stereocenters. The molecule has 0 amide bonds. The van der Waals surface area contributed by atoms with Crippen molar-refractivity contribution in [3.63, 3.8) is 0 Å². The largest absolute Gasteiger partial charge is 0.333 e. The Kier molecular flexibility index (Phi) is 3.14. The fraction of sp³-hybridized carbons (Fsp3) is 0.571.